The molecule has 0 saturated carbocycles. The first-order valence-electron chi connectivity index (χ1n) is 9.24. The summed E-state index contributed by atoms with van der Waals surface area (Å²) in [5, 5.41) is 29.6. The number of rotatable bonds is 4. The summed E-state index contributed by atoms with van der Waals surface area (Å²) in [7, 11) is -4.38. The number of nitriles is 2. The first kappa shape index (κ1) is 21.5. The van der Waals surface area contributed by atoms with Crippen molar-refractivity contribution in [2.24, 2.45) is 0 Å². The number of hydrogen-bond acceptors (Lipinski definition) is 8. The van der Waals surface area contributed by atoms with E-state index < -0.39 is 34.5 Å². The van der Waals surface area contributed by atoms with Crippen molar-refractivity contribution in [1.82, 2.24) is 20.3 Å². The van der Waals surface area contributed by atoms with E-state index in [2.05, 4.69) is 27.3 Å². The van der Waals surface area contributed by atoms with Gasteiger partial charge in [0.25, 0.3) is 10.0 Å². The number of sulfonamides is 1. The molecule has 30 heavy (non-hydrogen) atoms. The van der Waals surface area contributed by atoms with Crippen LogP contribution >= 0.6 is 0 Å². The number of anilines is 1. The van der Waals surface area contributed by atoms with Crippen LogP contribution in [-0.4, -0.2) is 61.9 Å². The number of piperazine rings is 1. The van der Waals surface area contributed by atoms with Crippen molar-refractivity contribution < 1.29 is 18.0 Å². The molecule has 0 spiro atoms. The predicted octanol–water partition coefficient (Wildman–Crippen LogP) is -0.559. The van der Waals surface area contributed by atoms with Gasteiger partial charge in [-0.2, -0.15) is 10.5 Å². The third-order valence-corrected chi connectivity index (χ3v) is 6.91. The van der Waals surface area contributed by atoms with Gasteiger partial charge in [-0.05, 0) is 26.0 Å². The number of carbonyl (C=O) groups excluding carboxylic acids is 2. The van der Waals surface area contributed by atoms with Crippen LogP contribution in [0.5, 0.6) is 0 Å². The Morgan fingerprint density at radius 2 is 2.13 bits per heavy atom. The molecule has 12 heteroatoms. The highest BCUT2D eigenvalue weighted by Gasteiger charge is 2.40. The molecule has 1 aromatic rings. The highest BCUT2D eigenvalue weighted by molar-refractivity contribution is 7.90. The van der Waals surface area contributed by atoms with Gasteiger partial charge in [0.15, 0.2) is 0 Å². The van der Waals surface area contributed by atoms with Crippen LogP contribution in [0.3, 0.4) is 0 Å². The van der Waals surface area contributed by atoms with Crippen molar-refractivity contribution in [3.8, 4) is 12.1 Å². The smallest absolute Gasteiger partial charge is 0.336 e. The second-order valence-electron chi connectivity index (χ2n) is 7.16. The minimum absolute atomic E-state index is 0.00225. The van der Waals surface area contributed by atoms with Crippen LogP contribution in [0.2, 0.25) is 0 Å². The Kier molecular flexibility index (Phi) is 5.94. The quantitative estimate of drug-likeness (QED) is 0.492. The number of nitrogens with zero attached hydrogens (tertiary/aromatic N) is 3. The molecule has 0 radical (unpaired) electrons. The third kappa shape index (κ3) is 3.93. The van der Waals surface area contributed by atoms with Crippen molar-refractivity contribution in [2.45, 2.75) is 42.9 Å². The number of hydrogen-bond donors (Lipinski definition) is 4. The maximum Gasteiger partial charge on any atom is 0.336 e. The number of urea groups is 1. The summed E-state index contributed by atoms with van der Waals surface area (Å²) < 4.78 is 26.3. The van der Waals surface area contributed by atoms with Crippen LogP contribution in [0.15, 0.2) is 23.1 Å². The predicted molar refractivity (Wildman–Crippen MR) is 105 cm³/mol. The number of carbonyl (C=O) groups is 2. The lowest BCUT2D eigenvalue weighted by atomic mass is 9.98. The van der Waals surface area contributed by atoms with E-state index in [-0.39, 0.29) is 34.3 Å². The normalized spacial score (nSPS) is 25.8. The van der Waals surface area contributed by atoms with Gasteiger partial charge in [-0.1, -0.05) is 6.07 Å². The number of benzene rings is 1. The molecule has 3 rings (SSSR count). The molecule has 1 saturated heterocycles. The number of nitrogens with one attached hydrogen (secondary N) is 4. The van der Waals surface area contributed by atoms with Crippen LogP contribution in [-0.2, 0) is 14.8 Å². The lowest BCUT2D eigenvalue weighted by molar-refractivity contribution is -0.121. The minimum Gasteiger partial charge on any atom is -0.350 e. The van der Waals surface area contributed by atoms with Crippen molar-refractivity contribution in [2.75, 3.05) is 18.4 Å². The molecular formula is C18H21N7O4S. The molecule has 11 nitrogen and oxygen atoms in total. The molecule has 0 bridgehead atoms. The molecule has 0 aliphatic carbocycles. The fraction of sp³-hybridized carbons (Fsp3) is 0.444. The van der Waals surface area contributed by atoms with E-state index in [9.17, 15) is 23.3 Å². The average Bonchev–Trinajstić information content (AvgIpc) is 2.70. The summed E-state index contributed by atoms with van der Waals surface area (Å²) in [5.41, 5.74) is -0.118. The largest absolute Gasteiger partial charge is 0.350 e. The summed E-state index contributed by atoms with van der Waals surface area (Å²) in [4.78, 5) is 24.5. The second-order valence-corrected chi connectivity index (χ2v) is 8.96. The summed E-state index contributed by atoms with van der Waals surface area (Å²) in [6.07, 6.45) is 0. The Morgan fingerprint density at radius 3 is 2.77 bits per heavy atom. The van der Waals surface area contributed by atoms with Gasteiger partial charge in [0, 0.05) is 24.7 Å². The maximum absolute atomic E-state index is 12.9. The van der Waals surface area contributed by atoms with Crippen LogP contribution in [0.25, 0.3) is 0 Å². The molecule has 3 unspecified atom stereocenters. The highest BCUT2D eigenvalue weighted by Crippen LogP contribution is 2.32. The SMILES string of the molecule is CC1NC(C#N)CNC1[C@@H](C)NC(=O)CN1C(=O)Nc2cccc(C#N)c2S1(=O)=O. The lowest BCUT2D eigenvalue weighted by Gasteiger charge is -2.38. The minimum atomic E-state index is -4.38. The van der Waals surface area contributed by atoms with Crippen molar-refractivity contribution in [3.63, 3.8) is 0 Å². The van der Waals surface area contributed by atoms with E-state index in [1.54, 1.807) is 13.0 Å². The van der Waals surface area contributed by atoms with Gasteiger partial charge in [-0.3, -0.25) is 10.1 Å². The van der Waals surface area contributed by atoms with E-state index in [4.69, 9.17) is 5.26 Å². The fourth-order valence-electron chi connectivity index (χ4n) is 3.68. The van der Waals surface area contributed by atoms with Gasteiger partial charge >= 0.3 is 6.03 Å². The molecule has 2 aliphatic heterocycles. The molecule has 158 valence electrons. The molecule has 2 aliphatic rings. The highest BCUT2D eigenvalue weighted by atomic mass is 32.2. The summed E-state index contributed by atoms with van der Waals surface area (Å²) in [6, 6.07) is 6.04. The fourth-order valence-corrected chi connectivity index (χ4v) is 5.24. The van der Waals surface area contributed by atoms with E-state index in [1.165, 1.54) is 18.2 Å². The zero-order valence-corrected chi connectivity index (χ0v) is 17.2. The van der Waals surface area contributed by atoms with E-state index in [0.717, 1.165) is 0 Å². The zero-order chi connectivity index (χ0) is 22.1. The third-order valence-electron chi connectivity index (χ3n) is 5.08. The second kappa shape index (κ2) is 8.28. The summed E-state index contributed by atoms with van der Waals surface area (Å²) >= 11 is 0. The molecule has 3 amide bonds. The van der Waals surface area contributed by atoms with Crippen LogP contribution in [0.1, 0.15) is 19.4 Å². The zero-order valence-electron chi connectivity index (χ0n) is 16.3. The number of amides is 3. The van der Waals surface area contributed by atoms with Gasteiger partial charge in [0.1, 0.15) is 23.6 Å². The summed E-state index contributed by atoms with van der Waals surface area (Å²) in [6.45, 7) is 3.29. The molecule has 4 N–H and O–H groups in total. The monoisotopic (exact) mass is 431 g/mol. The van der Waals surface area contributed by atoms with Crippen LogP contribution < -0.4 is 21.3 Å². The van der Waals surface area contributed by atoms with Crippen LogP contribution in [0, 0.1) is 22.7 Å². The first-order chi connectivity index (χ1) is 14.2. The van der Waals surface area contributed by atoms with Crippen molar-refractivity contribution >= 4 is 27.6 Å². The van der Waals surface area contributed by atoms with Gasteiger partial charge in [-0.15, -0.1) is 0 Å². The lowest BCUT2D eigenvalue weighted by Crippen LogP contribution is -2.65. The van der Waals surface area contributed by atoms with Gasteiger partial charge < -0.3 is 16.0 Å². The first-order valence-corrected chi connectivity index (χ1v) is 10.7. The van der Waals surface area contributed by atoms with E-state index in [1.807, 2.05) is 6.92 Å². The topological polar surface area (TPSA) is 167 Å². The Balaban J connectivity index is 1.73. The Bertz CT molecular complexity index is 1060. The maximum atomic E-state index is 12.9. The van der Waals surface area contributed by atoms with Gasteiger partial charge in [0.2, 0.25) is 5.91 Å². The number of fused-ring (bicyclic) bond motifs is 1. The van der Waals surface area contributed by atoms with Crippen LogP contribution in [0.4, 0.5) is 10.5 Å². The molecule has 1 aromatic carbocycles. The Morgan fingerprint density at radius 1 is 1.40 bits per heavy atom. The molecular weight excluding hydrogens is 410 g/mol. The average molecular weight is 431 g/mol. The molecule has 1 fully saturated rings. The van der Waals surface area contributed by atoms with Gasteiger partial charge in [0.05, 0.1) is 17.3 Å². The molecule has 4 atom stereocenters. The van der Waals surface area contributed by atoms with Gasteiger partial charge in [-0.25, -0.2) is 17.5 Å². The standard InChI is InChI=1S/C18H21N7O4S/c1-10-16(21-8-13(7-20)22-10)11(2)23-15(26)9-25-18(27)24-14-5-3-4-12(6-19)17(14)30(25,28)29/h3-5,10-11,13,16,21-22H,8-9H2,1-2H3,(H,23,26)(H,24,27)/t10?,11-,13?,16?/m1/s1. The van der Waals surface area contributed by atoms with E-state index >= 15 is 0 Å². The molecule has 0 aromatic heterocycles. The Labute approximate surface area is 174 Å². The van der Waals surface area contributed by atoms with Crippen molar-refractivity contribution in [1.29, 1.82) is 10.5 Å². The van der Waals surface area contributed by atoms with Crippen molar-refractivity contribution in [3.05, 3.63) is 23.8 Å². The Hall–Kier alpha value is -3.19. The molecule has 2 heterocycles. The summed E-state index contributed by atoms with van der Waals surface area (Å²) in [5.74, 6) is -0.671. The van der Waals surface area contributed by atoms with E-state index in [0.29, 0.717) is 10.8 Å².